The van der Waals surface area contributed by atoms with E-state index in [1.165, 1.54) is 25.7 Å². The first-order valence-corrected chi connectivity index (χ1v) is 6.78. The van der Waals surface area contributed by atoms with Crippen molar-refractivity contribution < 1.29 is 0 Å². The van der Waals surface area contributed by atoms with Crippen molar-refractivity contribution in [2.24, 2.45) is 16.6 Å². The Morgan fingerprint density at radius 3 is 2.88 bits per heavy atom. The molecule has 1 heterocycles. The molecule has 1 aliphatic heterocycles. The maximum absolute atomic E-state index is 6.09. The predicted molar refractivity (Wildman–Crippen MR) is 72.1 cm³/mol. The van der Waals surface area contributed by atoms with E-state index in [2.05, 4.69) is 35.8 Å². The van der Waals surface area contributed by atoms with Crippen LogP contribution in [0.5, 0.6) is 0 Å². The van der Waals surface area contributed by atoms with Gasteiger partial charge in [-0.2, -0.15) is 0 Å². The highest BCUT2D eigenvalue weighted by Gasteiger charge is 2.46. The summed E-state index contributed by atoms with van der Waals surface area (Å²) in [5.41, 5.74) is 6.32. The maximum Gasteiger partial charge on any atom is 0.191 e. The Labute approximate surface area is 105 Å². The first-order chi connectivity index (χ1) is 8.06. The quantitative estimate of drug-likeness (QED) is 0.801. The lowest BCUT2D eigenvalue weighted by Gasteiger charge is -2.47. The van der Waals surface area contributed by atoms with Crippen LogP contribution in [0.2, 0.25) is 0 Å². The van der Waals surface area contributed by atoms with Crippen molar-refractivity contribution in [3.8, 4) is 0 Å². The molecule has 1 aliphatic carbocycles. The summed E-state index contributed by atoms with van der Waals surface area (Å²) in [5.74, 6) is 1.48. The van der Waals surface area contributed by atoms with Gasteiger partial charge in [0.15, 0.2) is 5.96 Å². The number of hydrogen-bond donors (Lipinski definition) is 1. The third kappa shape index (κ3) is 2.28. The molecule has 0 bridgehead atoms. The average Bonchev–Trinajstić information content (AvgIpc) is 2.59. The molecule has 0 saturated heterocycles. The SMILES string of the molecule is CC1CCCCC12CN=C(N)N2CCN(C)C. The Bertz CT molecular complexity index is 300. The third-order valence-electron chi connectivity index (χ3n) is 4.51. The summed E-state index contributed by atoms with van der Waals surface area (Å²) in [5, 5.41) is 0. The molecule has 1 spiro atoms. The second-order valence-corrected chi connectivity index (χ2v) is 5.88. The molecule has 1 saturated carbocycles. The second kappa shape index (κ2) is 4.84. The van der Waals surface area contributed by atoms with Crippen LogP contribution in [0.4, 0.5) is 0 Å². The lowest BCUT2D eigenvalue weighted by atomic mass is 9.73. The van der Waals surface area contributed by atoms with Gasteiger partial charge in [0, 0.05) is 13.1 Å². The van der Waals surface area contributed by atoms with Gasteiger partial charge in [0.05, 0.1) is 12.1 Å². The van der Waals surface area contributed by atoms with Crippen molar-refractivity contribution in [1.29, 1.82) is 0 Å². The van der Waals surface area contributed by atoms with Gasteiger partial charge >= 0.3 is 0 Å². The van der Waals surface area contributed by atoms with E-state index in [0.29, 0.717) is 5.92 Å². The van der Waals surface area contributed by atoms with Crippen LogP contribution >= 0.6 is 0 Å². The normalized spacial score (nSPS) is 33.5. The molecule has 0 aromatic carbocycles. The van der Waals surface area contributed by atoms with E-state index in [1.807, 2.05) is 0 Å². The first-order valence-electron chi connectivity index (χ1n) is 6.78. The number of nitrogens with zero attached hydrogens (tertiary/aromatic N) is 3. The Hall–Kier alpha value is -0.770. The van der Waals surface area contributed by atoms with Crippen LogP contribution in [0.3, 0.4) is 0 Å². The van der Waals surface area contributed by atoms with Crippen LogP contribution in [-0.2, 0) is 0 Å². The van der Waals surface area contributed by atoms with Crippen LogP contribution in [-0.4, -0.2) is 55.0 Å². The molecule has 2 aliphatic rings. The van der Waals surface area contributed by atoms with Gasteiger partial charge in [-0.05, 0) is 32.9 Å². The molecule has 4 nitrogen and oxygen atoms in total. The summed E-state index contributed by atoms with van der Waals surface area (Å²) in [7, 11) is 4.22. The van der Waals surface area contributed by atoms with Crippen molar-refractivity contribution in [1.82, 2.24) is 9.80 Å². The van der Waals surface area contributed by atoms with E-state index < -0.39 is 0 Å². The van der Waals surface area contributed by atoms with Gasteiger partial charge in [-0.1, -0.05) is 19.8 Å². The lowest BCUT2D eigenvalue weighted by Crippen LogP contribution is -2.58. The molecule has 2 atom stereocenters. The summed E-state index contributed by atoms with van der Waals surface area (Å²) >= 11 is 0. The molecule has 2 rings (SSSR count). The zero-order valence-electron chi connectivity index (χ0n) is 11.4. The van der Waals surface area contributed by atoms with E-state index in [4.69, 9.17) is 5.73 Å². The monoisotopic (exact) mass is 238 g/mol. The van der Waals surface area contributed by atoms with Crippen molar-refractivity contribution in [2.75, 3.05) is 33.7 Å². The van der Waals surface area contributed by atoms with Crippen LogP contribution in [0, 0.1) is 5.92 Å². The average molecular weight is 238 g/mol. The molecule has 17 heavy (non-hydrogen) atoms. The summed E-state index contributed by atoms with van der Waals surface area (Å²) in [6.45, 7) is 5.33. The van der Waals surface area contributed by atoms with Crippen molar-refractivity contribution in [2.45, 2.75) is 38.1 Å². The largest absolute Gasteiger partial charge is 0.370 e. The maximum atomic E-state index is 6.09. The van der Waals surface area contributed by atoms with Gasteiger partial charge in [0.2, 0.25) is 0 Å². The fraction of sp³-hybridized carbons (Fsp3) is 0.923. The van der Waals surface area contributed by atoms with E-state index in [-0.39, 0.29) is 5.54 Å². The Morgan fingerprint density at radius 2 is 2.24 bits per heavy atom. The van der Waals surface area contributed by atoms with Crippen LogP contribution < -0.4 is 5.73 Å². The highest BCUT2D eigenvalue weighted by atomic mass is 15.4. The molecule has 0 aromatic heterocycles. The number of guanidine groups is 1. The molecule has 2 N–H and O–H groups in total. The van der Waals surface area contributed by atoms with Crippen LogP contribution in [0.25, 0.3) is 0 Å². The zero-order chi connectivity index (χ0) is 12.5. The Kier molecular flexibility index (Phi) is 3.61. The zero-order valence-corrected chi connectivity index (χ0v) is 11.4. The van der Waals surface area contributed by atoms with Gasteiger partial charge in [0.25, 0.3) is 0 Å². The topological polar surface area (TPSA) is 44.9 Å². The Balaban J connectivity index is 2.10. The minimum Gasteiger partial charge on any atom is -0.370 e. The van der Waals surface area contributed by atoms with E-state index in [1.54, 1.807) is 0 Å². The Morgan fingerprint density at radius 1 is 1.47 bits per heavy atom. The van der Waals surface area contributed by atoms with Gasteiger partial charge in [0.1, 0.15) is 0 Å². The highest BCUT2D eigenvalue weighted by Crippen LogP contribution is 2.40. The standard InChI is InChI=1S/C13H26N4/c1-11-6-4-5-7-13(11)10-15-12(14)17(13)9-8-16(2)3/h11H,4-10H2,1-3H3,(H2,14,15). The molecule has 0 radical (unpaired) electrons. The van der Waals surface area contributed by atoms with E-state index >= 15 is 0 Å². The summed E-state index contributed by atoms with van der Waals surface area (Å²) in [6, 6.07) is 0. The number of likely N-dealkylation sites (N-methyl/N-ethyl adjacent to an activating group) is 1. The minimum atomic E-state index is 0.234. The number of nitrogens with two attached hydrogens (primary N) is 1. The summed E-state index contributed by atoms with van der Waals surface area (Å²) < 4.78 is 0. The molecule has 2 unspecified atom stereocenters. The minimum absolute atomic E-state index is 0.234. The fourth-order valence-electron chi connectivity index (χ4n) is 3.29. The molecule has 0 amide bonds. The smallest absolute Gasteiger partial charge is 0.191 e. The molecular weight excluding hydrogens is 212 g/mol. The fourth-order valence-corrected chi connectivity index (χ4v) is 3.29. The van der Waals surface area contributed by atoms with Gasteiger partial charge < -0.3 is 15.5 Å². The number of aliphatic imine (C=N–C) groups is 1. The number of hydrogen-bond acceptors (Lipinski definition) is 4. The van der Waals surface area contributed by atoms with E-state index in [0.717, 1.165) is 25.6 Å². The number of rotatable bonds is 3. The molecular formula is C13H26N4. The van der Waals surface area contributed by atoms with Crippen LogP contribution in [0.1, 0.15) is 32.6 Å². The van der Waals surface area contributed by atoms with Gasteiger partial charge in [-0.3, -0.25) is 4.99 Å². The van der Waals surface area contributed by atoms with Crippen molar-refractivity contribution in [3.63, 3.8) is 0 Å². The first kappa shape index (κ1) is 12.7. The van der Waals surface area contributed by atoms with E-state index in [9.17, 15) is 0 Å². The lowest BCUT2D eigenvalue weighted by molar-refractivity contribution is 0.0782. The van der Waals surface area contributed by atoms with Crippen molar-refractivity contribution >= 4 is 5.96 Å². The molecule has 1 fully saturated rings. The second-order valence-electron chi connectivity index (χ2n) is 5.88. The van der Waals surface area contributed by atoms with Gasteiger partial charge in [-0.15, -0.1) is 0 Å². The highest BCUT2D eigenvalue weighted by molar-refractivity contribution is 5.81. The van der Waals surface area contributed by atoms with Crippen LogP contribution in [0.15, 0.2) is 4.99 Å². The molecule has 4 heteroatoms. The predicted octanol–water partition coefficient (Wildman–Crippen LogP) is 1.13. The third-order valence-corrected chi connectivity index (χ3v) is 4.51. The van der Waals surface area contributed by atoms with Gasteiger partial charge in [-0.25, -0.2) is 0 Å². The molecule has 0 aromatic rings. The van der Waals surface area contributed by atoms with Crippen molar-refractivity contribution in [3.05, 3.63) is 0 Å². The molecule has 98 valence electrons. The summed E-state index contributed by atoms with van der Waals surface area (Å²) in [4.78, 5) is 9.13. The summed E-state index contributed by atoms with van der Waals surface area (Å²) in [6.07, 6.45) is 5.27.